The third kappa shape index (κ3) is 5.69. The molecule has 6 heteroatoms. The highest BCUT2D eigenvalue weighted by Gasteiger charge is 2.14. The van der Waals surface area contributed by atoms with Crippen LogP contribution in [0.3, 0.4) is 0 Å². The van der Waals surface area contributed by atoms with Crippen LogP contribution in [0.1, 0.15) is 25.3 Å². The Kier molecular flexibility index (Phi) is 6.49. The Hall–Kier alpha value is -2.11. The lowest BCUT2D eigenvalue weighted by Crippen LogP contribution is -2.39. The van der Waals surface area contributed by atoms with Gasteiger partial charge in [0.15, 0.2) is 0 Å². The Morgan fingerprint density at radius 2 is 2.25 bits per heavy atom. The molecule has 0 aliphatic rings. The summed E-state index contributed by atoms with van der Waals surface area (Å²) in [7, 11) is 1.69. The Morgan fingerprint density at radius 1 is 1.50 bits per heavy atom. The predicted molar refractivity (Wildman–Crippen MR) is 75.1 cm³/mol. The first-order valence-corrected chi connectivity index (χ1v) is 6.62. The van der Waals surface area contributed by atoms with Crippen molar-refractivity contribution < 1.29 is 14.7 Å². The highest BCUT2D eigenvalue weighted by molar-refractivity contribution is 5.74. The Balaban J connectivity index is 2.39. The van der Waals surface area contributed by atoms with Gasteiger partial charge < -0.3 is 15.3 Å². The number of carboxylic acid groups (broad SMARTS) is 1. The number of rotatable bonds is 7. The van der Waals surface area contributed by atoms with Crippen molar-refractivity contribution in [2.45, 2.75) is 26.3 Å². The number of carbonyl (C=O) groups is 2. The van der Waals surface area contributed by atoms with Crippen molar-refractivity contribution in [3.05, 3.63) is 30.1 Å². The maximum Gasteiger partial charge on any atom is 0.317 e. The first-order valence-electron chi connectivity index (χ1n) is 6.62. The van der Waals surface area contributed by atoms with E-state index in [1.165, 1.54) is 0 Å². The number of aromatic nitrogens is 1. The number of nitrogens with one attached hydrogen (secondary N) is 1. The molecule has 2 N–H and O–H groups in total. The predicted octanol–water partition coefficient (Wildman–Crippen LogP) is 1.72. The molecule has 1 heterocycles. The van der Waals surface area contributed by atoms with Crippen LogP contribution >= 0.6 is 0 Å². The Bertz CT molecular complexity index is 437. The number of pyridine rings is 1. The normalized spacial score (nSPS) is 11.7. The SMILES string of the molecule is CCC(CNC(=O)N(C)Cc1cccnc1)CC(=O)O. The molecule has 6 nitrogen and oxygen atoms in total. The largest absolute Gasteiger partial charge is 0.481 e. The van der Waals surface area contributed by atoms with Gasteiger partial charge in [-0.25, -0.2) is 4.79 Å². The Labute approximate surface area is 118 Å². The van der Waals surface area contributed by atoms with Crippen LogP contribution in [0.4, 0.5) is 4.79 Å². The standard InChI is InChI=1S/C14H21N3O3/c1-3-11(7-13(18)19)9-16-14(20)17(2)10-12-5-4-6-15-8-12/h4-6,8,11H,3,7,9-10H2,1-2H3,(H,16,20)(H,18,19). The number of hydrogen-bond donors (Lipinski definition) is 2. The van der Waals surface area contributed by atoms with Crippen LogP contribution < -0.4 is 5.32 Å². The van der Waals surface area contributed by atoms with Gasteiger partial charge in [-0.05, 0) is 17.5 Å². The van der Waals surface area contributed by atoms with Crippen LogP contribution in [-0.2, 0) is 11.3 Å². The van der Waals surface area contributed by atoms with E-state index in [-0.39, 0.29) is 18.4 Å². The van der Waals surface area contributed by atoms with Gasteiger partial charge in [-0.1, -0.05) is 19.4 Å². The van der Waals surface area contributed by atoms with E-state index >= 15 is 0 Å². The van der Waals surface area contributed by atoms with Crippen molar-refractivity contribution in [2.24, 2.45) is 5.92 Å². The minimum Gasteiger partial charge on any atom is -0.481 e. The molecule has 0 spiro atoms. The summed E-state index contributed by atoms with van der Waals surface area (Å²) < 4.78 is 0. The lowest BCUT2D eigenvalue weighted by Gasteiger charge is -2.20. The average Bonchev–Trinajstić information content (AvgIpc) is 2.43. The molecule has 0 fully saturated rings. The quantitative estimate of drug-likeness (QED) is 0.796. The average molecular weight is 279 g/mol. The minimum absolute atomic E-state index is 0.0387. The van der Waals surface area contributed by atoms with Crippen LogP contribution in [0, 0.1) is 5.92 Å². The van der Waals surface area contributed by atoms with E-state index in [1.54, 1.807) is 24.3 Å². The second kappa shape index (κ2) is 8.14. The van der Waals surface area contributed by atoms with Gasteiger partial charge in [-0.15, -0.1) is 0 Å². The number of carboxylic acids is 1. The third-order valence-corrected chi connectivity index (χ3v) is 3.07. The molecule has 0 aliphatic heterocycles. The summed E-state index contributed by atoms with van der Waals surface area (Å²) in [6.45, 7) is 2.76. The molecule has 0 aromatic carbocycles. The summed E-state index contributed by atoms with van der Waals surface area (Å²) in [5.74, 6) is -0.877. The van der Waals surface area contributed by atoms with Crippen molar-refractivity contribution in [1.29, 1.82) is 0 Å². The smallest absolute Gasteiger partial charge is 0.317 e. The maximum absolute atomic E-state index is 11.9. The van der Waals surface area contributed by atoms with Crippen LogP contribution in [0.2, 0.25) is 0 Å². The summed E-state index contributed by atoms with van der Waals surface area (Å²) in [6, 6.07) is 3.51. The van der Waals surface area contributed by atoms with Crippen molar-refractivity contribution >= 4 is 12.0 Å². The van der Waals surface area contributed by atoms with Gasteiger partial charge in [0.1, 0.15) is 0 Å². The van der Waals surface area contributed by atoms with Gasteiger partial charge >= 0.3 is 12.0 Å². The van der Waals surface area contributed by atoms with Crippen molar-refractivity contribution in [1.82, 2.24) is 15.2 Å². The van der Waals surface area contributed by atoms with E-state index in [1.807, 2.05) is 19.1 Å². The molecule has 1 unspecified atom stereocenters. The monoisotopic (exact) mass is 279 g/mol. The minimum atomic E-state index is -0.838. The fraction of sp³-hybridized carbons (Fsp3) is 0.500. The fourth-order valence-electron chi connectivity index (χ4n) is 1.81. The highest BCUT2D eigenvalue weighted by atomic mass is 16.4. The van der Waals surface area contributed by atoms with Gasteiger partial charge in [-0.3, -0.25) is 9.78 Å². The lowest BCUT2D eigenvalue weighted by molar-refractivity contribution is -0.138. The van der Waals surface area contributed by atoms with E-state index in [0.717, 1.165) is 12.0 Å². The number of aliphatic carboxylic acids is 1. The van der Waals surface area contributed by atoms with E-state index in [2.05, 4.69) is 10.3 Å². The number of carbonyl (C=O) groups excluding carboxylic acids is 1. The fourth-order valence-corrected chi connectivity index (χ4v) is 1.81. The third-order valence-electron chi connectivity index (χ3n) is 3.07. The summed E-state index contributed by atoms with van der Waals surface area (Å²) >= 11 is 0. The molecule has 0 saturated carbocycles. The van der Waals surface area contributed by atoms with Crippen molar-refractivity contribution in [2.75, 3.05) is 13.6 Å². The first kappa shape index (κ1) is 15.9. The lowest BCUT2D eigenvalue weighted by atomic mass is 10.0. The molecule has 1 aromatic heterocycles. The highest BCUT2D eigenvalue weighted by Crippen LogP contribution is 2.07. The van der Waals surface area contributed by atoms with E-state index in [4.69, 9.17) is 5.11 Å². The number of amides is 2. The molecule has 2 amide bonds. The van der Waals surface area contributed by atoms with E-state index in [9.17, 15) is 9.59 Å². The first-order chi connectivity index (χ1) is 9.52. The summed E-state index contributed by atoms with van der Waals surface area (Å²) in [4.78, 5) is 28.1. The van der Waals surface area contributed by atoms with Gasteiger partial charge in [-0.2, -0.15) is 0 Å². The molecule has 110 valence electrons. The van der Waals surface area contributed by atoms with Gasteiger partial charge in [0.25, 0.3) is 0 Å². The number of nitrogens with zero attached hydrogens (tertiary/aromatic N) is 2. The summed E-state index contributed by atoms with van der Waals surface area (Å²) in [5, 5.41) is 11.5. The van der Waals surface area contributed by atoms with Crippen LogP contribution in [0.15, 0.2) is 24.5 Å². The molecular formula is C14H21N3O3. The van der Waals surface area contributed by atoms with Crippen molar-refractivity contribution in [3.63, 3.8) is 0 Å². The van der Waals surface area contributed by atoms with Gasteiger partial charge in [0.2, 0.25) is 0 Å². The zero-order valence-corrected chi connectivity index (χ0v) is 11.9. The Morgan fingerprint density at radius 3 is 2.80 bits per heavy atom. The molecule has 20 heavy (non-hydrogen) atoms. The van der Waals surface area contributed by atoms with E-state index < -0.39 is 5.97 Å². The van der Waals surface area contributed by atoms with Crippen molar-refractivity contribution in [3.8, 4) is 0 Å². The van der Waals surface area contributed by atoms with Crippen LogP contribution in [-0.4, -0.2) is 40.6 Å². The molecule has 1 aromatic rings. The second-order valence-electron chi connectivity index (χ2n) is 4.78. The molecule has 0 aliphatic carbocycles. The van der Waals surface area contributed by atoms with Gasteiger partial charge in [0.05, 0.1) is 0 Å². The zero-order valence-electron chi connectivity index (χ0n) is 11.9. The second-order valence-corrected chi connectivity index (χ2v) is 4.78. The molecule has 0 saturated heterocycles. The molecule has 0 bridgehead atoms. The molecule has 0 radical (unpaired) electrons. The van der Waals surface area contributed by atoms with E-state index in [0.29, 0.717) is 13.1 Å². The van der Waals surface area contributed by atoms with Crippen LogP contribution in [0.25, 0.3) is 0 Å². The van der Waals surface area contributed by atoms with Crippen LogP contribution in [0.5, 0.6) is 0 Å². The topological polar surface area (TPSA) is 82.5 Å². The number of hydrogen-bond acceptors (Lipinski definition) is 3. The summed E-state index contributed by atoms with van der Waals surface area (Å²) in [6.07, 6.45) is 4.19. The summed E-state index contributed by atoms with van der Waals surface area (Å²) in [5.41, 5.74) is 0.947. The molecule has 1 rings (SSSR count). The number of urea groups is 1. The zero-order chi connectivity index (χ0) is 15.0. The molecular weight excluding hydrogens is 258 g/mol. The van der Waals surface area contributed by atoms with Gasteiger partial charge in [0, 0.05) is 39.0 Å². The molecule has 1 atom stereocenters. The maximum atomic E-state index is 11.9.